The fourth-order valence-corrected chi connectivity index (χ4v) is 2.05. The minimum atomic E-state index is -0.299. The number of rotatable bonds is 3. The summed E-state index contributed by atoms with van der Waals surface area (Å²) in [6, 6.07) is 0. The third-order valence-corrected chi connectivity index (χ3v) is 2.86. The average Bonchev–Trinajstić information content (AvgIpc) is 2.77. The molecule has 2 aliphatic heterocycles. The van der Waals surface area contributed by atoms with Crippen LogP contribution >= 0.6 is 0 Å². The molecule has 0 aromatic heterocycles. The van der Waals surface area contributed by atoms with E-state index in [1.165, 1.54) is 4.90 Å². The van der Waals surface area contributed by atoms with Crippen molar-refractivity contribution in [3.05, 3.63) is 0 Å². The van der Waals surface area contributed by atoms with Gasteiger partial charge in [-0.1, -0.05) is 0 Å². The van der Waals surface area contributed by atoms with Crippen molar-refractivity contribution in [3.8, 4) is 0 Å². The molecule has 0 bridgehead atoms. The highest BCUT2D eigenvalue weighted by molar-refractivity contribution is 6.05. The molecule has 0 aromatic carbocycles. The van der Waals surface area contributed by atoms with Crippen LogP contribution in [0.25, 0.3) is 0 Å². The SMILES string of the molecule is NC(N)=NCCN1C(=O)[C@H]2COC[C@H]2C1=O. The normalized spacial score (nSPS) is 28.4. The summed E-state index contributed by atoms with van der Waals surface area (Å²) in [6.07, 6.45) is 0. The van der Waals surface area contributed by atoms with Crippen LogP contribution in [0.2, 0.25) is 0 Å². The minimum Gasteiger partial charge on any atom is -0.380 e. The summed E-state index contributed by atoms with van der Waals surface area (Å²) >= 11 is 0. The molecule has 0 aromatic rings. The molecule has 0 spiro atoms. The van der Waals surface area contributed by atoms with Gasteiger partial charge in [0, 0.05) is 6.54 Å². The lowest BCUT2D eigenvalue weighted by molar-refractivity contribution is -0.141. The molecule has 88 valence electrons. The lowest BCUT2D eigenvalue weighted by Crippen LogP contribution is -2.35. The molecule has 0 aliphatic carbocycles. The van der Waals surface area contributed by atoms with E-state index >= 15 is 0 Å². The second-order valence-corrected chi connectivity index (χ2v) is 3.89. The molecule has 2 saturated heterocycles. The number of imide groups is 1. The summed E-state index contributed by atoms with van der Waals surface area (Å²) in [5, 5.41) is 0. The standard InChI is InChI=1S/C9H14N4O3/c10-9(11)12-1-2-13-7(14)5-3-16-4-6(5)8(13)15/h5-6H,1-4H2,(H4,10,11,12)/t5-,6+. The summed E-state index contributed by atoms with van der Waals surface area (Å²) in [5.41, 5.74) is 10.3. The van der Waals surface area contributed by atoms with Gasteiger partial charge in [-0.2, -0.15) is 0 Å². The molecule has 0 unspecified atom stereocenters. The van der Waals surface area contributed by atoms with Gasteiger partial charge in [-0.25, -0.2) is 0 Å². The fourth-order valence-electron chi connectivity index (χ4n) is 2.05. The Balaban J connectivity index is 1.98. The first-order valence-corrected chi connectivity index (χ1v) is 5.09. The van der Waals surface area contributed by atoms with Gasteiger partial charge in [-0.05, 0) is 0 Å². The predicted octanol–water partition coefficient (Wildman–Crippen LogP) is -2.11. The van der Waals surface area contributed by atoms with Gasteiger partial charge in [0.05, 0.1) is 31.6 Å². The quantitative estimate of drug-likeness (QED) is 0.325. The van der Waals surface area contributed by atoms with Crippen molar-refractivity contribution in [1.29, 1.82) is 0 Å². The molecule has 7 nitrogen and oxygen atoms in total. The summed E-state index contributed by atoms with van der Waals surface area (Å²) in [4.78, 5) is 28.5. The van der Waals surface area contributed by atoms with Crippen LogP contribution in [0.15, 0.2) is 4.99 Å². The zero-order valence-electron chi connectivity index (χ0n) is 8.76. The maximum atomic E-state index is 11.8. The van der Waals surface area contributed by atoms with Crippen LogP contribution in [-0.2, 0) is 14.3 Å². The van der Waals surface area contributed by atoms with E-state index in [1.54, 1.807) is 0 Å². The molecule has 16 heavy (non-hydrogen) atoms. The second kappa shape index (κ2) is 4.09. The predicted molar refractivity (Wildman–Crippen MR) is 55.2 cm³/mol. The van der Waals surface area contributed by atoms with Crippen LogP contribution in [0.1, 0.15) is 0 Å². The highest BCUT2D eigenvalue weighted by Crippen LogP contribution is 2.31. The average molecular weight is 226 g/mol. The second-order valence-electron chi connectivity index (χ2n) is 3.89. The van der Waals surface area contributed by atoms with Crippen molar-refractivity contribution >= 4 is 17.8 Å². The van der Waals surface area contributed by atoms with Gasteiger partial charge in [0.1, 0.15) is 0 Å². The Kier molecular flexibility index (Phi) is 2.78. The number of hydrogen-bond donors (Lipinski definition) is 2. The van der Waals surface area contributed by atoms with Crippen LogP contribution in [0.5, 0.6) is 0 Å². The van der Waals surface area contributed by atoms with Crippen LogP contribution in [0.4, 0.5) is 0 Å². The molecule has 0 saturated carbocycles. The third-order valence-electron chi connectivity index (χ3n) is 2.86. The number of ether oxygens (including phenoxy) is 1. The van der Waals surface area contributed by atoms with Gasteiger partial charge >= 0.3 is 0 Å². The molecule has 2 aliphatic rings. The van der Waals surface area contributed by atoms with Crippen LogP contribution < -0.4 is 11.5 Å². The minimum absolute atomic E-state index is 0.0392. The van der Waals surface area contributed by atoms with Gasteiger partial charge in [0.25, 0.3) is 0 Å². The van der Waals surface area contributed by atoms with Gasteiger partial charge in [0.15, 0.2) is 5.96 Å². The Hall–Kier alpha value is -1.63. The number of carbonyl (C=O) groups excluding carboxylic acids is 2. The first-order chi connectivity index (χ1) is 7.61. The van der Waals surface area contributed by atoms with E-state index in [-0.39, 0.29) is 42.7 Å². The topological polar surface area (TPSA) is 111 Å². The lowest BCUT2D eigenvalue weighted by Gasteiger charge is -2.14. The molecule has 4 N–H and O–H groups in total. The van der Waals surface area contributed by atoms with E-state index in [4.69, 9.17) is 16.2 Å². The molecule has 2 atom stereocenters. The summed E-state index contributed by atoms with van der Waals surface area (Å²) in [7, 11) is 0. The Morgan fingerprint density at radius 3 is 2.38 bits per heavy atom. The van der Waals surface area contributed by atoms with Crippen LogP contribution in [0.3, 0.4) is 0 Å². The largest absolute Gasteiger partial charge is 0.380 e. The Morgan fingerprint density at radius 1 is 1.31 bits per heavy atom. The van der Waals surface area contributed by atoms with E-state index in [1.807, 2.05) is 0 Å². The zero-order valence-corrected chi connectivity index (χ0v) is 8.76. The number of guanidine groups is 1. The lowest BCUT2D eigenvalue weighted by atomic mass is 10.00. The van der Waals surface area contributed by atoms with Crippen molar-refractivity contribution in [2.75, 3.05) is 26.3 Å². The fraction of sp³-hybridized carbons (Fsp3) is 0.667. The molecule has 2 rings (SSSR count). The molecular formula is C9H14N4O3. The number of amides is 2. The van der Waals surface area contributed by atoms with E-state index in [0.29, 0.717) is 13.2 Å². The van der Waals surface area contributed by atoms with Crippen molar-refractivity contribution in [2.45, 2.75) is 0 Å². The Bertz CT molecular complexity index is 329. The Morgan fingerprint density at radius 2 is 1.88 bits per heavy atom. The highest BCUT2D eigenvalue weighted by atomic mass is 16.5. The molecule has 0 radical (unpaired) electrons. The molecule has 7 heteroatoms. The summed E-state index contributed by atoms with van der Waals surface area (Å²) < 4.78 is 5.11. The maximum Gasteiger partial charge on any atom is 0.235 e. The van der Waals surface area contributed by atoms with Gasteiger partial charge in [-0.3, -0.25) is 19.5 Å². The van der Waals surface area contributed by atoms with Gasteiger partial charge < -0.3 is 16.2 Å². The van der Waals surface area contributed by atoms with E-state index in [2.05, 4.69) is 4.99 Å². The van der Waals surface area contributed by atoms with Crippen molar-refractivity contribution in [1.82, 2.24) is 4.90 Å². The smallest absolute Gasteiger partial charge is 0.235 e. The number of carbonyl (C=O) groups is 2. The van der Waals surface area contributed by atoms with E-state index < -0.39 is 0 Å². The van der Waals surface area contributed by atoms with Crippen LogP contribution in [-0.4, -0.2) is 49.0 Å². The first-order valence-electron chi connectivity index (χ1n) is 5.09. The number of nitrogens with zero attached hydrogens (tertiary/aromatic N) is 2. The number of aliphatic imine (C=N–C) groups is 1. The van der Waals surface area contributed by atoms with Crippen LogP contribution in [0, 0.1) is 11.8 Å². The summed E-state index contributed by atoms with van der Waals surface area (Å²) in [6.45, 7) is 1.17. The zero-order chi connectivity index (χ0) is 11.7. The molecular weight excluding hydrogens is 212 g/mol. The van der Waals surface area contributed by atoms with Gasteiger partial charge in [-0.15, -0.1) is 0 Å². The number of likely N-dealkylation sites (tertiary alicyclic amines) is 1. The van der Waals surface area contributed by atoms with E-state index in [0.717, 1.165) is 0 Å². The molecule has 2 amide bonds. The Labute approximate surface area is 92.4 Å². The first kappa shape index (κ1) is 10.9. The highest BCUT2D eigenvalue weighted by Gasteiger charge is 2.50. The van der Waals surface area contributed by atoms with Crippen molar-refractivity contribution in [2.24, 2.45) is 28.3 Å². The van der Waals surface area contributed by atoms with Crippen molar-refractivity contribution < 1.29 is 14.3 Å². The number of nitrogens with two attached hydrogens (primary N) is 2. The monoisotopic (exact) mass is 226 g/mol. The van der Waals surface area contributed by atoms with Crippen molar-refractivity contribution in [3.63, 3.8) is 0 Å². The molecule has 2 heterocycles. The maximum absolute atomic E-state index is 11.8. The summed E-state index contributed by atoms with van der Waals surface area (Å²) in [5.74, 6) is -0.974. The third kappa shape index (κ3) is 1.73. The number of fused-ring (bicyclic) bond motifs is 1. The van der Waals surface area contributed by atoms with Gasteiger partial charge in [0.2, 0.25) is 11.8 Å². The number of hydrogen-bond acceptors (Lipinski definition) is 4. The van der Waals surface area contributed by atoms with E-state index in [9.17, 15) is 9.59 Å². The molecule has 2 fully saturated rings.